The van der Waals surface area contributed by atoms with Gasteiger partial charge in [-0.15, -0.1) is 5.06 Å². The Hall–Kier alpha value is -4.32. The zero-order valence-electron chi connectivity index (χ0n) is 21.6. The number of anilines is 3. The molecule has 41 heavy (non-hydrogen) atoms. The van der Waals surface area contributed by atoms with Crippen LogP contribution in [0.1, 0.15) is 11.1 Å². The zero-order valence-corrected chi connectivity index (χ0v) is 22.3. The standard InChI is InChI=1S/C26H23ClF3N7O4/c1-33-21-20(22(38)35(25(33)40)15-17-7-3-2-6-16(17)14-31)36(19-9-5-4-8-18(19)27)24(34-12-10-32-11-13-34)37(21)41-23(39)26(28,29)30/h2-9,24,32H,10-13,15H2,1H3. The first-order chi connectivity index (χ1) is 19.5. The van der Waals surface area contributed by atoms with Crippen LogP contribution < -0.4 is 26.5 Å². The topological polar surface area (TPSA) is 116 Å². The van der Waals surface area contributed by atoms with Crippen LogP contribution in [-0.4, -0.2) is 58.6 Å². The van der Waals surface area contributed by atoms with Crippen molar-refractivity contribution in [3.8, 4) is 6.07 Å². The van der Waals surface area contributed by atoms with E-state index in [1.54, 1.807) is 47.4 Å². The second-order valence-electron chi connectivity index (χ2n) is 9.33. The summed E-state index contributed by atoms with van der Waals surface area (Å²) in [7, 11) is 1.26. The highest BCUT2D eigenvalue weighted by atomic mass is 35.5. The van der Waals surface area contributed by atoms with E-state index < -0.39 is 29.7 Å². The number of nitrogens with zero attached hydrogens (tertiary/aromatic N) is 6. The first kappa shape index (κ1) is 28.2. The molecule has 1 aromatic heterocycles. The molecule has 1 N–H and O–H groups in total. The lowest BCUT2D eigenvalue weighted by molar-refractivity contribution is -0.203. The van der Waals surface area contributed by atoms with Crippen molar-refractivity contribution >= 4 is 34.8 Å². The van der Waals surface area contributed by atoms with Crippen LogP contribution in [0.2, 0.25) is 5.02 Å². The fourth-order valence-electron chi connectivity index (χ4n) is 4.96. The van der Waals surface area contributed by atoms with Gasteiger partial charge in [0.1, 0.15) is 0 Å². The van der Waals surface area contributed by atoms with Crippen molar-refractivity contribution in [1.29, 1.82) is 5.26 Å². The normalized spacial score (nSPS) is 17.3. The van der Waals surface area contributed by atoms with Gasteiger partial charge in [-0.05, 0) is 23.8 Å². The minimum absolute atomic E-state index is 0.164. The van der Waals surface area contributed by atoms with Crippen molar-refractivity contribution in [3.63, 3.8) is 0 Å². The highest BCUT2D eigenvalue weighted by Gasteiger charge is 2.51. The largest absolute Gasteiger partial charge is 0.493 e. The molecule has 0 spiro atoms. The molecule has 1 saturated heterocycles. The Morgan fingerprint density at radius 2 is 1.78 bits per heavy atom. The Balaban J connectivity index is 1.79. The Morgan fingerprint density at radius 1 is 1.12 bits per heavy atom. The smallest absolute Gasteiger partial charge is 0.327 e. The molecular formula is C26H23ClF3N7O4. The van der Waals surface area contributed by atoms with E-state index in [1.165, 1.54) is 18.0 Å². The number of rotatable bonds is 5. The van der Waals surface area contributed by atoms with Gasteiger partial charge in [0.05, 0.1) is 28.9 Å². The van der Waals surface area contributed by atoms with Gasteiger partial charge < -0.3 is 10.2 Å². The lowest BCUT2D eigenvalue weighted by Gasteiger charge is -2.41. The molecule has 0 bridgehead atoms. The number of halogens is 4. The molecule has 0 aliphatic carbocycles. The van der Waals surface area contributed by atoms with Gasteiger partial charge in [-0.25, -0.2) is 9.59 Å². The van der Waals surface area contributed by atoms with Gasteiger partial charge in [0.2, 0.25) is 6.29 Å². The second-order valence-corrected chi connectivity index (χ2v) is 9.74. The molecule has 5 rings (SSSR count). The first-order valence-corrected chi connectivity index (χ1v) is 12.8. The first-order valence-electron chi connectivity index (χ1n) is 12.4. The van der Waals surface area contributed by atoms with Crippen molar-refractivity contribution in [2.45, 2.75) is 19.0 Å². The monoisotopic (exact) mass is 589 g/mol. The van der Waals surface area contributed by atoms with E-state index >= 15 is 0 Å². The maximum absolute atomic E-state index is 14.2. The van der Waals surface area contributed by atoms with Crippen molar-refractivity contribution in [1.82, 2.24) is 19.4 Å². The minimum atomic E-state index is -5.36. The average molecular weight is 590 g/mol. The van der Waals surface area contributed by atoms with E-state index in [-0.39, 0.29) is 34.3 Å². The predicted molar refractivity (Wildman–Crippen MR) is 143 cm³/mol. The number of nitriles is 1. The van der Waals surface area contributed by atoms with Crippen LogP contribution >= 0.6 is 11.6 Å². The van der Waals surface area contributed by atoms with E-state index in [1.807, 2.05) is 6.07 Å². The number of piperazine rings is 1. The van der Waals surface area contributed by atoms with Crippen LogP contribution in [0.25, 0.3) is 0 Å². The van der Waals surface area contributed by atoms with Gasteiger partial charge in [0.15, 0.2) is 11.5 Å². The van der Waals surface area contributed by atoms with Crippen molar-refractivity contribution in [3.05, 3.63) is 85.5 Å². The van der Waals surface area contributed by atoms with Crippen molar-refractivity contribution < 1.29 is 22.8 Å². The molecule has 0 amide bonds. The number of nitrogens with one attached hydrogen (secondary N) is 1. The van der Waals surface area contributed by atoms with Gasteiger partial charge in [-0.2, -0.15) is 18.4 Å². The van der Waals surface area contributed by atoms with E-state index in [0.29, 0.717) is 36.8 Å². The maximum atomic E-state index is 14.2. The van der Waals surface area contributed by atoms with Crippen LogP contribution in [-0.2, 0) is 23.2 Å². The number of para-hydroxylation sites is 1. The summed E-state index contributed by atoms with van der Waals surface area (Å²) >= 11 is 6.54. The molecule has 1 unspecified atom stereocenters. The number of hydrogen-bond acceptors (Lipinski definition) is 9. The highest BCUT2D eigenvalue weighted by Crippen LogP contribution is 2.45. The molecule has 2 aliphatic rings. The molecular weight excluding hydrogens is 567 g/mol. The van der Waals surface area contributed by atoms with Crippen LogP contribution in [0.15, 0.2) is 58.1 Å². The Labute approximate surface area is 236 Å². The molecule has 3 aromatic rings. The third-order valence-corrected chi connectivity index (χ3v) is 7.17. The molecule has 2 aliphatic heterocycles. The Morgan fingerprint density at radius 3 is 2.44 bits per heavy atom. The summed E-state index contributed by atoms with van der Waals surface area (Å²) < 4.78 is 42.2. The van der Waals surface area contributed by atoms with E-state index in [0.717, 1.165) is 9.13 Å². The molecule has 0 radical (unpaired) electrons. The molecule has 1 atom stereocenters. The van der Waals surface area contributed by atoms with Gasteiger partial charge in [-0.3, -0.25) is 23.7 Å². The molecule has 11 nitrogen and oxygen atoms in total. The van der Waals surface area contributed by atoms with Gasteiger partial charge in [0, 0.05) is 33.2 Å². The van der Waals surface area contributed by atoms with Gasteiger partial charge >= 0.3 is 17.8 Å². The van der Waals surface area contributed by atoms with Crippen molar-refractivity contribution in [2.24, 2.45) is 7.05 Å². The van der Waals surface area contributed by atoms with Gasteiger partial charge in [0.25, 0.3) is 5.56 Å². The number of aromatic nitrogens is 2. The summed E-state index contributed by atoms with van der Waals surface area (Å²) in [6.45, 7) is 1.23. The Kier molecular flexibility index (Phi) is 7.52. The number of alkyl halides is 3. The summed E-state index contributed by atoms with van der Waals surface area (Å²) in [6.07, 6.45) is -6.65. The zero-order chi connectivity index (χ0) is 29.5. The Bertz CT molecular complexity index is 1660. The molecule has 1 fully saturated rings. The second kappa shape index (κ2) is 10.9. The summed E-state index contributed by atoms with van der Waals surface area (Å²) in [5, 5.41) is 13.5. The van der Waals surface area contributed by atoms with Crippen LogP contribution in [0.3, 0.4) is 0 Å². The number of benzene rings is 2. The molecule has 2 aromatic carbocycles. The molecule has 0 saturated carbocycles. The molecule has 15 heteroatoms. The lowest BCUT2D eigenvalue weighted by atomic mass is 10.1. The fourth-order valence-corrected chi connectivity index (χ4v) is 5.19. The number of fused-ring (bicyclic) bond motifs is 1. The predicted octanol–water partition coefficient (Wildman–Crippen LogP) is 2.29. The third-order valence-electron chi connectivity index (χ3n) is 6.85. The number of hydrogen-bond donors (Lipinski definition) is 1. The minimum Gasteiger partial charge on any atom is -0.327 e. The summed E-state index contributed by atoms with van der Waals surface area (Å²) in [6, 6.07) is 14.8. The lowest BCUT2D eigenvalue weighted by Crippen LogP contribution is -2.60. The maximum Gasteiger partial charge on any atom is 0.493 e. The van der Waals surface area contributed by atoms with Crippen LogP contribution in [0, 0.1) is 11.3 Å². The quantitative estimate of drug-likeness (QED) is 0.478. The SMILES string of the molecule is Cn1c2c(c(=O)n(Cc3ccccc3C#N)c1=O)N(c1ccccc1Cl)C(N1CCNCC1)N2OC(=O)C(F)(F)F. The van der Waals surface area contributed by atoms with Crippen LogP contribution in [0.4, 0.5) is 30.4 Å². The van der Waals surface area contributed by atoms with Crippen molar-refractivity contribution in [2.75, 3.05) is 36.1 Å². The van der Waals surface area contributed by atoms with E-state index in [9.17, 15) is 32.8 Å². The number of hydroxylamine groups is 1. The molecule has 3 heterocycles. The average Bonchev–Trinajstić information content (AvgIpc) is 3.29. The summed E-state index contributed by atoms with van der Waals surface area (Å²) in [4.78, 5) is 47.9. The fraction of sp³-hybridized carbons (Fsp3) is 0.308. The van der Waals surface area contributed by atoms with Crippen LogP contribution in [0.5, 0.6) is 0 Å². The number of carbonyl (C=O) groups excluding carboxylic acids is 1. The molecule has 214 valence electrons. The van der Waals surface area contributed by atoms with E-state index in [4.69, 9.17) is 16.4 Å². The summed E-state index contributed by atoms with van der Waals surface area (Å²) in [5.74, 6) is -2.88. The van der Waals surface area contributed by atoms with E-state index in [2.05, 4.69) is 5.32 Å². The van der Waals surface area contributed by atoms with Gasteiger partial charge in [-0.1, -0.05) is 41.9 Å². The third kappa shape index (κ3) is 5.03. The summed E-state index contributed by atoms with van der Waals surface area (Å²) in [5.41, 5.74) is -1.13. The highest BCUT2D eigenvalue weighted by molar-refractivity contribution is 6.33. The number of carbonyl (C=O) groups is 1.